The number of sulfonamides is 1. The van der Waals surface area contributed by atoms with Crippen molar-refractivity contribution >= 4 is 32.6 Å². The van der Waals surface area contributed by atoms with Gasteiger partial charge < -0.3 is 0 Å². The van der Waals surface area contributed by atoms with E-state index in [9.17, 15) is 18.0 Å². The van der Waals surface area contributed by atoms with E-state index in [1.165, 1.54) is 9.21 Å². The summed E-state index contributed by atoms with van der Waals surface area (Å²) < 4.78 is 26.9. The van der Waals surface area contributed by atoms with Crippen LogP contribution in [0.5, 0.6) is 0 Å². The summed E-state index contributed by atoms with van der Waals surface area (Å²) in [5.41, 5.74) is 1.72. The molecule has 0 unspecified atom stereocenters. The highest BCUT2D eigenvalue weighted by Gasteiger charge is 2.33. The minimum Gasteiger partial charge on any atom is -0.270 e. The van der Waals surface area contributed by atoms with E-state index in [1.54, 1.807) is 36.4 Å². The van der Waals surface area contributed by atoms with Crippen LogP contribution in [0.2, 0.25) is 0 Å². The van der Waals surface area contributed by atoms with E-state index in [4.69, 9.17) is 0 Å². The van der Waals surface area contributed by atoms with Crippen LogP contribution in [0.25, 0.3) is 10.8 Å². The molecule has 0 spiro atoms. The third-order valence-corrected chi connectivity index (χ3v) is 7.74. The van der Waals surface area contributed by atoms with Crippen LogP contribution in [0.15, 0.2) is 65.6 Å². The van der Waals surface area contributed by atoms with Crippen molar-refractivity contribution in [2.24, 2.45) is 0 Å². The molecule has 0 atom stereocenters. The lowest BCUT2D eigenvalue weighted by Gasteiger charge is -2.27. The van der Waals surface area contributed by atoms with Gasteiger partial charge in [0.2, 0.25) is 10.0 Å². The summed E-state index contributed by atoms with van der Waals surface area (Å²) >= 11 is 0. The Hall–Kier alpha value is -3.03. The second kappa shape index (κ2) is 7.04. The molecule has 152 valence electrons. The highest BCUT2D eigenvalue weighted by atomic mass is 32.2. The molecule has 2 heterocycles. The molecule has 0 aliphatic carbocycles. The minimum absolute atomic E-state index is 0.0897. The van der Waals surface area contributed by atoms with E-state index in [2.05, 4.69) is 0 Å². The lowest BCUT2D eigenvalue weighted by molar-refractivity contribution is 0.0598. The van der Waals surface area contributed by atoms with Crippen LogP contribution < -0.4 is 0 Å². The van der Waals surface area contributed by atoms with Gasteiger partial charge in [-0.05, 0) is 48.1 Å². The van der Waals surface area contributed by atoms with Crippen molar-refractivity contribution < 1.29 is 18.0 Å². The third-order valence-electron chi connectivity index (χ3n) is 5.82. The average Bonchev–Trinajstić information content (AvgIpc) is 3.31. The smallest absolute Gasteiger partial charge is 0.261 e. The predicted molar refractivity (Wildman–Crippen MR) is 113 cm³/mol. The summed E-state index contributed by atoms with van der Waals surface area (Å²) in [4.78, 5) is 27.5. The molecular formula is C23H20N2O4S. The van der Waals surface area contributed by atoms with Crippen LogP contribution in [0.3, 0.4) is 0 Å². The van der Waals surface area contributed by atoms with Gasteiger partial charge in [-0.15, -0.1) is 0 Å². The fourth-order valence-electron chi connectivity index (χ4n) is 4.25. The molecule has 5 rings (SSSR count). The molecule has 1 fully saturated rings. The first-order valence-corrected chi connectivity index (χ1v) is 11.4. The van der Waals surface area contributed by atoms with Gasteiger partial charge in [0.25, 0.3) is 11.8 Å². The molecule has 0 radical (unpaired) electrons. The topological polar surface area (TPSA) is 74.8 Å². The number of hydrogen-bond acceptors (Lipinski definition) is 4. The maximum atomic E-state index is 13.0. The molecule has 2 amide bonds. The Bertz CT molecular complexity index is 1230. The molecule has 2 aliphatic heterocycles. The predicted octanol–water partition coefficient (Wildman–Crippen LogP) is 3.42. The Labute approximate surface area is 174 Å². The Kier molecular flexibility index (Phi) is 4.45. The molecular weight excluding hydrogens is 400 g/mol. The van der Waals surface area contributed by atoms with Gasteiger partial charge in [-0.1, -0.05) is 36.4 Å². The van der Waals surface area contributed by atoms with Crippen LogP contribution in [-0.2, 0) is 16.6 Å². The zero-order valence-corrected chi connectivity index (χ0v) is 17.1. The molecule has 7 heteroatoms. The SMILES string of the molecule is O=C1c2cccc3cccc(c23)C(=O)N1Cc1ccc(S(=O)(=O)N2CCCC2)cc1. The normalized spacial score (nSPS) is 17.1. The number of nitrogens with zero attached hydrogens (tertiary/aromatic N) is 2. The number of benzene rings is 3. The van der Waals surface area contributed by atoms with Crippen LogP contribution in [-0.4, -0.2) is 42.5 Å². The van der Waals surface area contributed by atoms with Crippen molar-refractivity contribution in [1.82, 2.24) is 9.21 Å². The number of amides is 2. The number of carbonyl (C=O) groups is 2. The highest BCUT2D eigenvalue weighted by Crippen LogP contribution is 2.31. The van der Waals surface area contributed by atoms with Gasteiger partial charge in [-0.3, -0.25) is 14.5 Å². The number of rotatable bonds is 4. The lowest BCUT2D eigenvalue weighted by Crippen LogP contribution is -2.39. The molecule has 3 aromatic rings. The lowest BCUT2D eigenvalue weighted by atomic mass is 9.94. The second-order valence-corrected chi connectivity index (χ2v) is 9.60. The largest absolute Gasteiger partial charge is 0.270 e. The van der Waals surface area contributed by atoms with Crippen LogP contribution in [0, 0.1) is 0 Å². The van der Waals surface area contributed by atoms with E-state index >= 15 is 0 Å². The molecule has 0 N–H and O–H groups in total. The summed E-state index contributed by atoms with van der Waals surface area (Å²) in [5.74, 6) is -0.670. The van der Waals surface area contributed by atoms with Gasteiger partial charge in [0.1, 0.15) is 0 Å². The fraction of sp³-hybridized carbons (Fsp3) is 0.217. The van der Waals surface area contributed by atoms with Crippen molar-refractivity contribution in [3.05, 3.63) is 77.4 Å². The molecule has 2 aliphatic rings. The van der Waals surface area contributed by atoms with E-state index in [1.807, 2.05) is 24.3 Å². The molecule has 0 aromatic heterocycles. The Balaban J connectivity index is 1.44. The Morgan fingerprint density at radius 2 is 1.33 bits per heavy atom. The van der Waals surface area contributed by atoms with Crippen LogP contribution >= 0.6 is 0 Å². The van der Waals surface area contributed by atoms with Gasteiger partial charge in [0.15, 0.2) is 0 Å². The van der Waals surface area contributed by atoms with E-state index in [0.717, 1.165) is 18.2 Å². The first-order chi connectivity index (χ1) is 14.5. The molecule has 0 bridgehead atoms. The highest BCUT2D eigenvalue weighted by molar-refractivity contribution is 7.89. The molecule has 30 heavy (non-hydrogen) atoms. The first kappa shape index (κ1) is 19.0. The zero-order valence-electron chi connectivity index (χ0n) is 16.2. The van der Waals surface area contributed by atoms with Gasteiger partial charge in [0, 0.05) is 29.6 Å². The zero-order chi connectivity index (χ0) is 20.9. The van der Waals surface area contributed by atoms with Gasteiger partial charge >= 0.3 is 0 Å². The fourth-order valence-corrected chi connectivity index (χ4v) is 5.77. The average molecular weight is 420 g/mol. The van der Waals surface area contributed by atoms with Gasteiger partial charge in [-0.25, -0.2) is 8.42 Å². The number of hydrogen-bond donors (Lipinski definition) is 0. The van der Waals surface area contributed by atoms with E-state index in [-0.39, 0.29) is 23.3 Å². The van der Waals surface area contributed by atoms with Crippen molar-refractivity contribution in [2.45, 2.75) is 24.3 Å². The summed E-state index contributed by atoms with van der Waals surface area (Å²) in [6, 6.07) is 17.3. The first-order valence-electron chi connectivity index (χ1n) is 9.94. The van der Waals surface area contributed by atoms with Crippen LogP contribution in [0.4, 0.5) is 0 Å². The summed E-state index contributed by atoms with van der Waals surface area (Å²) in [5, 5.41) is 1.56. The maximum Gasteiger partial charge on any atom is 0.261 e. The number of carbonyl (C=O) groups excluding carboxylic acids is 2. The van der Waals surface area contributed by atoms with Crippen LogP contribution in [0.1, 0.15) is 39.1 Å². The van der Waals surface area contributed by atoms with E-state index in [0.29, 0.717) is 35.2 Å². The molecule has 3 aromatic carbocycles. The van der Waals surface area contributed by atoms with Gasteiger partial charge in [0.05, 0.1) is 11.4 Å². The Morgan fingerprint density at radius 3 is 1.90 bits per heavy atom. The quantitative estimate of drug-likeness (QED) is 0.606. The summed E-state index contributed by atoms with van der Waals surface area (Å²) in [6.07, 6.45) is 1.76. The van der Waals surface area contributed by atoms with Crippen molar-refractivity contribution in [3.8, 4) is 0 Å². The molecule has 1 saturated heterocycles. The van der Waals surface area contributed by atoms with E-state index < -0.39 is 10.0 Å². The summed E-state index contributed by atoms with van der Waals surface area (Å²) in [7, 11) is -3.49. The maximum absolute atomic E-state index is 13.0. The molecule has 0 saturated carbocycles. The third kappa shape index (κ3) is 2.93. The Morgan fingerprint density at radius 1 is 0.767 bits per heavy atom. The van der Waals surface area contributed by atoms with Crippen molar-refractivity contribution in [3.63, 3.8) is 0 Å². The number of imide groups is 1. The van der Waals surface area contributed by atoms with Gasteiger partial charge in [-0.2, -0.15) is 4.31 Å². The second-order valence-electron chi connectivity index (χ2n) is 7.66. The molecule has 6 nitrogen and oxygen atoms in total. The van der Waals surface area contributed by atoms with Crippen molar-refractivity contribution in [1.29, 1.82) is 0 Å². The minimum atomic E-state index is -3.49. The standard InChI is InChI=1S/C23H20N2O4S/c26-22-19-7-3-5-17-6-4-8-20(21(17)19)23(27)25(22)15-16-9-11-18(12-10-16)30(28,29)24-13-1-2-14-24/h3-12H,1-2,13-15H2. The van der Waals surface area contributed by atoms with Crippen molar-refractivity contribution in [2.75, 3.05) is 13.1 Å². The monoisotopic (exact) mass is 420 g/mol. The summed E-state index contributed by atoms with van der Waals surface area (Å²) in [6.45, 7) is 1.18.